The number of hydrogen-bond acceptors (Lipinski definition) is 5. The fraction of sp³-hybridized carbons (Fsp3) is 0.500. The number of benzene rings is 1. The third-order valence-corrected chi connectivity index (χ3v) is 4.00. The van der Waals surface area contributed by atoms with E-state index in [1.807, 2.05) is 58.9 Å². The molecule has 3 rings (SSSR count). The molecule has 0 spiro atoms. The number of hydrogen-bond donors (Lipinski definition) is 1. The Morgan fingerprint density at radius 2 is 1.92 bits per heavy atom. The van der Waals surface area contributed by atoms with E-state index in [2.05, 4.69) is 15.5 Å². The van der Waals surface area contributed by atoms with E-state index in [4.69, 9.17) is 9.26 Å². The lowest BCUT2D eigenvalue weighted by molar-refractivity contribution is -0.129. The molecule has 0 radical (unpaired) electrons. The van der Waals surface area contributed by atoms with Gasteiger partial charge in [-0.3, -0.25) is 4.79 Å². The van der Waals surface area contributed by atoms with Gasteiger partial charge in [-0.25, -0.2) is 0 Å². The first kappa shape index (κ1) is 16.5. The molecule has 1 N–H and O–H groups in total. The van der Waals surface area contributed by atoms with Crippen molar-refractivity contribution in [2.24, 2.45) is 0 Å². The van der Waals surface area contributed by atoms with Crippen molar-refractivity contribution < 1.29 is 14.1 Å². The summed E-state index contributed by atoms with van der Waals surface area (Å²) in [4.78, 5) is 17.0. The van der Waals surface area contributed by atoms with Crippen molar-refractivity contribution in [2.45, 2.75) is 58.1 Å². The number of nitrogens with one attached hydrogen (secondary N) is 1. The van der Waals surface area contributed by atoms with Crippen molar-refractivity contribution in [3.05, 3.63) is 41.5 Å². The third kappa shape index (κ3) is 3.13. The smallest absolute Gasteiger partial charge is 0.262 e. The average molecular weight is 329 g/mol. The van der Waals surface area contributed by atoms with Crippen LogP contribution in [0.15, 0.2) is 28.8 Å². The van der Waals surface area contributed by atoms with E-state index >= 15 is 0 Å². The molecular formula is C18H23N3O3. The van der Waals surface area contributed by atoms with Crippen LogP contribution in [0, 0.1) is 0 Å². The molecule has 6 heteroatoms. The molecule has 2 aromatic rings. The van der Waals surface area contributed by atoms with Gasteiger partial charge in [0.2, 0.25) is 5.89 Å². The number of rotatable bonds is 3. The van der Waals surface area contributed by atoms with Crippen LogP contribution >= 0.6 is 0 Å². The van der Waals surface area contributed by atoms with E-state index in [9.17, 15) is 4.79 Å². The highest BCUT2D eigenvalue weighted by molar-refractivity contribution is 5.83. The average Bonchev–Trinajstić information content (AvgIpc) is 3.13. The number of fused-ring (bicyclic) bond motifs is 1. The molecule has 1 amide bonds. The highest BCUT2D eigenvalue weighted by Crippen LogP contribution is 2.29. The third-order valence-electron chi connectivity index (χ3n) is 4.00. The number of amides is 1. The number of para-hydroxylation sites is 1. The lowest BCUT2D eigenvalue weighted by atomic mass is 9.96. The van der Waals surface area contributed by atoms with Gasteiger partial charge < -0.3 is 14.6 Å². The SMILES string of the molecule is CC(C)(C)c1nc(C(C)(C)NC(=O)C2Cc3ccccc3O2)no1. The summed E-state index contributed by atoms with van der Waals surface area (Å²) in [6, 6.07) is 7.70. The summed E-state index contributed by atoms with van der Waals surface area (Å²) in [5, 5.41) is 7.00. The minimum atomic E-state index is -0.748. The summed E-state index contributed by atoms with van der Waals surface area (Å²) in [5.74, 6) is 1.59. The molecule has 128 valence electrons. The molecule has 24 heavy (non-hydrogen) atoms. The van der Waals surface area contributed by atoms with Crippen LogP contribution in [0.5, 0.6) is 5.75 Å². The second kappa shape index (κ2) is 5.61. The molecule has 0 saturated carbocycles. The minimum absolute atomic E-state index is 0.182. The minimum Gasteiger partial charge on any atom is -0.480 e. The van der Waals surface area contributed by atoms with Crippen LogP contribution in [0.1, 0.15) is 51.9 Å². The molecule has 1 unspecified atom stereocenters. The van der Waals surface area contributed by atoms with Crippen molar-refractivity contribution >= 4 is 5.91 Å². The van der Waals surface area contributed by atoms with Gasteiger partial charge in [-0.2, -0.15) is 4.98 Å². The van der Waals surface area contributed by atoms with Crippen LogP contribution < -0.4 is 10.1 Å². The number of carbonyl (C=O) groups is 1. The molecule has 1 aromatic heterocycles. The summed E-state index contributed by atoms with van der Waals surface area (Å²) in [6.45, 7) is 9.70. The van der Waals surface area contributed by atoms with Crippen molar-refractivity contribution in [2.75, 3.05) is 0 Å². The first-order valence-corrected chi connectivity index (χ1v) is 8.08. The Hall–Kier alpha value is -2.37. The molecule has 2 heterocycles. The maximum atomic E-state index is 12.6. The topological polar surface area (TPSA) is 77.2 Å². The largest absolute Gasteiger partial charge is 0.480 e. The summed E-state index contributed by atoms with van der Waals surface area (Å²) < 4.78 is 11.1. The Morgan fingerprint density at radius 1 is 1.21 bits per heavy atom. The Morgan fingerprint density at radius 3 is 2.54 bits per heavy atom. The summed E-state index contributed by atoms with van der Waals surface area (Å²) in [6.07, 6.45) is 0.0352. The summed E-state index contributed by atoms with van der Waals surface area (Å²) in [7, 11) is 0. The fourth-order valence-electron chi connectivity index (χ4n) is 2.55. The molecule has 1 aromatic carbocycles. The molecule has 6 nitrogen and oxygen atoms in total. The van der Waals surface area contributed by atoms with Gasteiger partial charge in [0.05, 0.1) is 5.54 Å². The quantitative estimate of drug-likeness (QED) is 0.937. The molecule has 0 bridgehead atoms. The van der Waals surface area contributed by atoms with Crippen LogP contribution in [-0.4, -0.2) is 22.2 Å². The standard InChI is InChI=1S/C18H23N3O3/c1-17(2,3)16-19-15(21-24-16)18(4,5)20-14(22)13-10-11-8-6-7-9-12(11)23-13/h6-9,13H,10H2,1-5H3,(H,20,22). The van der Waals surface area contributed by atoms with Crippen LogP contribution in [0.4, 0.5) is 0 Å². The predicted octanol–water partition coefficient (Wildman–Crippen LogP) is 2.72. The summed E-state index contributed by atoms with van der Waals surface area (Å²) >= 11 is 0. The highest BCUT2D eigenvalue weighted by Gasteiger charge is 2.36. The first-order chi connectivity index (χ1) is 11.2. The predicted molar refractivity (Wildman–Crippen MR) is 88.7 cm³/mol. The maximum absolute atomic E-state index is 12.6. The fourth-order valence-corrected chi connectivity index (χ4v) is 2.55. The van der Waals surface area contributed by atoms with Gasteiger partial charge >= 0.3 is 0 Å². The van der Waals surface area contributed by atoms with E-state index in [0.29, 0.717) is 18.1 Å². The number of ether oxygens (including phenoxy) is 1. The van der Waals surface area contributed by atoms with Gasteiger partial charge in [0, 0.05) is 11.8 Å². The van der Waals surface area contributed by atoms with E-state index in [0.717, 1.165) is 11.3 Å². The van der Waals surface area contributed by atoms with Gasteiger partial charge in [-0.15, -0.1) is 0 Å². The molecule has 0 aliphatic carbocycles. The lowest BCUT2D eigenvalue weighted by Gasteiger charge is -2.24. The second-order valence-electron chi connectivity index (χ2n) is 7.71. The normalized spacial score (nSPS) is 17.3. The zero-order valence-electron chi connectivity index (χ0n) is 14.7. The highest BCUT2D eigenvalue weighted by atomic mass is 16.5. The van der Waals surface area contributed by atoms with Gasteiger partial charge in [-0.05, 0) is 25.5 Å². The second-order valence-corrected chi connectivity index (χ2v) is 7.71. The molecule has 1 aliphatic heterocycles. The molecular weight excluding hydrogens is 306 g/mol. The Labute approximate surface area is 141 Å². The van der Waals surface area contributed by atoms with Gasteiger partial charge in [0.1, 0.15) is 5.75 Å². The zero-order valence-corrected chi connectivity index (χ0v) is 14.7. The van der Waals surface area contributed by atoms with Crippen LogP contribution in [0.2, 0.25) is 0 Å². The first-order valence-electron chi connectivity index (χ1n) is 8.08. The van der Waals surface area contributed by atoms with Crippen molar-refractivity contribution in [3.63, 3.8) is 0 Å². The molecule has 1 aliphatic rings. The van der Waals surface area contributed by atoms with Gasteiger partial charge in [-0.1, -0.05) is 44.1 Å². The number of aromatic nitrogens is 2. The zero-order chi connectivity index (χ0) is 17.5. The molecule has 1 atom stereocenters. The van der Waals surface area contributed by atoms with Gasteiger partial charge in [0.25, 0.3) is 5.91 Å². The Kier molecular flexibility index (Phi) is 3.86. The van der Waals surface area contributed by atoms with E-state index < -0.39 is 11.6 Å². The van der Waals surface area contributed by atoms with E-state index in [1.54, 1.807) is 0 Å². The van der Waals surface area contributed by atoms with E-state index in [1.165, 1.54) is 0 Å². The Balaban J connectivity index is 1.71. The van der Waals surface area contributed by atoms with Crippen LogP contribution in [-0.2, 0) is 22.2 Å². The van der Waals surface area contributed by atoms with Crippen molar-refractivity contribution in [1.29, 1.82) is 0 Å². The Bertz CT molecular complexity index is 734. The van der Waals surface area contributed by atoms with E-state index in [-0.39, 0.29) is 11.3 Å². The van der Waals surface area contributed by atoms with Gasteiger partial charge in [0.15, 0.2) is 11.9 Å². The number of carbonyl (C=O) groups excluding carboxylic acids is 1. The van der Waals surface area contributed by atoms with Crippen LogP contribution in [0.3, 0.4) is 0 Å². The van der Waals surface area contributed by atoms with Crippen molar-refractivity contribution in [3.8, 4) is 5.75 Å². The molecule has 0 saturated heterocycles. The number of nitrogens with zero attached hydrogens (tertiary/aromatic N) is 2. The van der Waals surface area contributed by atoms with Crippen LogP contribution in [0.25, 0.3) is 0 Å². The summed E-state index contributed by atoms with van der Waals surface area (Å²) in [5.41, 5.74) is 0.0640. The monoisotopic (exact) mass is 329 g/mol. The maximum Gasteiger partial charge on any atom is 0.262 e. The van der Waals surface area contributed by atoms with Crippen molar-refractivity contribution in [1.82, 2.24) is 15.5 Å². The lowest BCUT2D eigenvalue weighted by Crippen LogP contribution is -2.47. The molecule has 0 fully saturated rings.